The molecule has 6 radical (unpaired) electrons. The summed E-state index contributed by atoms with van der Waals surface area (Å²) >= 11 is -9.43. The van der Waals surface area contributed by atoms with Crippen LogP contribution in [0.3, 0.4) is 0 Å². The Kier molecular flexibility index (Phi) is 17.2. The molecule has 0 spiro atoms. The molecule has 4 nitrogen and oxygen atoms in total. The quantitative estimate of drug-likeness (QED) is 0.0945. The molecule has 15 heteroatoms. The molecular formula is C48H54ClF6N2O2P2RuSb. The van der Waals surface area contributed by atoms with E-state index >= 15 is 0 Å². The number of halogens is 7. The van der Waals surface area contributed by atoms with E-state index in [1.807, 2.05) is 36.1 Å². The first kappa shape index (κ1) is 50.6. The minimum absolute atomic E-state index is 0.0867. The van der Waals surface area contributed by atoms with Crippen LogP contribution in [0, 0.1) is 37.6 Å². The first-order valence-corrected chi connectivity index (χ1v) is 31.8. The Balaban J connectivity index is 0.000000177. The molecule has 6 aromatic rings. The predicted molar refractivity (Wildman–Crippen MR) is 253 cm³/mol. The number of rotatable bonds is 6. The zero-order valence-corrected chi connectivity index (χ0v) is 42.7. The van der Waals surface area contributed by atoms with E-state index in [1.165, 1.54) is 103 Å². The van der Waals surface area contributed by atoms with Gasteiger partial charge in [-0.15, -0.1) is 0 Å². The van der Waals surface area contributed by atoms with Gasteiger partial charge in [0, 0.05) is 30.8 Å². The zero-order valence-electron chi connectivity index (χ0n) is 35.8. The Labute approximate surface area is 387 Å². The van der Waals surface area contributed by atoms with Crippen molar-refractivity contribution in [3.63, 3.8) is 0 Å². The van der Waals surface area contributed by atoms with Crippen molar-refractivity contribution in [3.05, 3.63) is 140 Å². The van der Waals surface area contributed by atoms with Crippen LogP contribution in [0.1, 0.15) is 69.8 Å². The Morgan fingerprint density at radius 3 is 1.48 bits per heavy atom. The summed E-state index contributed by atoms with van der Waals surface area (Å²) in [6.45, 7) is 0. The Hall–Kier alpha value is -1.82. The van der Waals surface area contributed by atoms with Crippen LogP contribution in [-0.4, -0.2) is 63.9 Å². The molecule has 3 saturated carbocycles. The van der Waals surface area contributed by atoms with Gasteiger partial charge in [0.1, 0.15) is 11.2 Å². The molecule has 0 N–H and O–H groups in total. The molecule has 0 amide bonds. The molecule has 1 aromatic heterocycles. The summed E-state index contributed by atoms with van der Waals surface area (Å²) in [5.41, 5.74) is 5.14. The van der Waals surface area contributed by atoms with Crippen LogP contribution in [-0.2, 0) is 17.3 Å². The molecule has 1 heterocycles. The standard InChI is InChI=1S/C26H36NP.C22H18NO2P.ClH.6FH.Ru.Sb/c1-27(2)25-19-11-9-17-23(25)24-18-10-12-20-26(24)28(21-13-5-3-6-14-21)22-15-7-4-8-16-22;1-23(2)26-24-19-13-11-15-7-3-5-9-17(15)21(19)22-18-10-6-4-8-16(18)12-14-20(22)25-26;;;;;;;;;/h9-12,17-22H,3-8,13-16H2,1-2H3;3-14H,1-2H3;7*1H;;/q;;;;;;;;;+2;+5/p-7. The fourth-order valence-electron chi connectivity index (χ4n) is 8.95. The fourth-order valence-corrected chi connectivity index (χ4v) is 13.9. The van der Waals surface area contributed by atoms with Crippen molar-refractivity contribution in [2.75, 3.05) is 32.9 Å². The van der Waals surface area contributed by atoms with Crippen molar-refractivity contribution in [2.24, 2.45) is 0 Å². The molecule has 340 valence electrons. The molecule has 0 atom stereocenters. The van der Waals surface area contributed by atoms with Gasteiger partial charge in [-0.1, -0.05) is 131 Å². The molecule has 0 aliphatic heterocycles. The van der Waals surface area contributed by atoms with Gasteiger partial charge in [-0.2, -0.15) is 0 Å². The monoisotopic (exact) mass is 1120 g/mol. The summed E-state index contributed by atoms with van der Waals surface area (Å²) in [5, 5.41) is 8.69. The van der Waals surface area contributed by atoms with Gasteiger partial charge in [-0.05, 0) is 121 Å². The minimum atomic E-state index is -11.2. The zero-order chi connectivity index (χ0) is 45.4. The maximum absolute atomic E-state index is 11.2. The third kappa shape index (κ3) is 14.1. The van der Waals surface area contributed by atoms with Crippen LogP contribution < -0.4 is 9.97 Å². The molecule has 3 aliphatic carbocycles. The van der Waals surface area contributed by atoms with Crippen molar-refractivity contribution in [1.29, 1.82) is 0 Å². The van der Waals surface area contributed by atoms with Crippen molar-refractivity contribution >= 4 is 94.0 Å². The van der Waals surface area contributed by atoms with Gasteiger partial charge in [-0.25, -0.2) is 4.67 Å². The number of nitrogens with zero attached hydrogens (tertiary/aromatic N) is 2. The van der Waals surface area contributed by atoms with E-state index in [2.05, 4.69) is 151 Å². The molecule has 0 unspecified atom stereocenters. The van der Waals surface area contributed by atoms with Crippen molar-refractivity contribution in [2.45, 2.75) is 75.5 Å². The van der Waals surface area contributed by atoms with Crippen molar-refractivity contribution < 1.29 is 42.6 Å². The van der Waals surface area contributed by atoms with Gasteiger partial charge in [0.15, 0.2) is 0 Å². The van der Waals surface area contributed by atoms with Crippen LogP contribution in [0.15, 0.2) is 105 Å². The molecule has 3 fully saturated rings. The molecule has 63 heavy (non-hydrogen) atoms. The fraction of sp³-hybridized carbons (Fsp3) is 0.333. The van der Waals surface area contributed by atoms with Gasteiger partial charge < -0.3 is 13.3 Å². The van der Waals surface area contributed by atoms with Gasteiger partial charge in [0.25, 0.3) is 0 Å². The number of likely N-dealkylation sites (N-methyl/N-ethyl adjacent to an activating group) is 1. The third-order valence-corrected chi connectivity index (χ3v) is 16.4. The normalized spacial score (nSPS) is 18.3. The Bertz CT molecular complexity index is 2360. The summed E-state index contributed by atoms with van der Waals surface area (Å²) in [4.78, 5) is 2.27. The SMILES string of the molecule is CN(C)[C]1[CH][CH][CH][CH][C]1c1ccccc1P(C1CCCCC1)C1CCCCC1.CN(C)p1oc2ccc3ccccc3c2c2c(ccc3ccccc32)o1.[Cl][Ru+].[F][Sb-]([F])([F])([F])([F])[F]. The summed E-state index contributed by atoms with van der Waals surface area (Å²) in [5.74, 6) is 1.42. The Morgan fingerprint density at radius 1 is 0.587 bits per heavy atom. The van der Waals surface area contributed by atoms with Crippen molar-refractivity contribution in [3.8, 4) is 0 Å². The molecule has 0 saturated heterocycles. The van der Waals surface area contributed by atoms with Crippen LogP contribution in [0.4, 0.5) is 16.9 Å². The third-order valence-electron chi connectivity index (χ3n) is 11.5. The molecule has 0 bridgehead atoms. The number of hydrogen-bond acceptors (Lipinski definition) is 4. The maximum atomic E-state index is 9.93. The molecular weight excluding hydrogens is 1070 g/mol. The average Bonchev–Trinajstić information content (AvgIpc) is 3.45. The van der Waals surface area contributed by atoms with E-state index in [-0.39, 0.29) is 7.92 Å². The van der Waals surface area contributed by atoms with E-state index in [9.17, 15) is 16.9 Å². The second-order valence-electron chi connectivity index (χ2n) is 16.5. The second-order valence-corrected chi connectivity index (χ2v) is 26.3. The molecule has 3 aliphatic rings. The van der Waals surface area contributed by atoms with E-state index in [0.29, 0.717) is 0 Å². The van der Waals surface area contributed by atoms with Gasteiger partial charge in [0.05, 0.1) is 6.04 Å². The number of hydrogen-bond donors (Lipinski definition) is 0. The summed E-state index contributed by atoms with van der Waals surface area (Å²) in [6.07, 6.45) is 23.6. The summed E-state index contributed by atoms with van der Waals surface area (Å²) in [7, 11) is 11.6. The molecule has 5 aromatic carbocycles. The van der Waals surface area contributed by atoms with Crippen LogP contribution in [0.2, 0.25) is 0 Å². The second kappa shape index (κ2) is 21.4. The van der Waals surface area contributed by atoms with E-state index < -0.39 is 27.6 Å². The van der Waals surface area contributed by atoms with Crippen LogP contribution in [0.5, 0.6) is 0 Å². The van der Waals surface area contributed by atoms with E-state index in [1.54, 1.807) is 5.30 Å². The number of fused-ring (bicyclic) bond motifs is 7. The number of benzene rings is 5. The van der Waals surface area contributed by atoms with Gasteiger partial charge in [0.2, 0.25) is 0 Å². The van der Waals surface area contributed by atoms with Crippen LogP contribution in [0.25, 0.3) is 43.5 Å². The summed E-state index contributed by atoms with van der Waals surface area (Å²) < 4.78 is 74.2. The molecule has 9 rings (SSSR count). The van der Waals surface area contributed by atoms with Crippen LogP contribution >= 0.6 is 25.8 Å². The first-order valence-electron chi connectivity index (χ1n) is 21.1. The average molecular weight is 1130 g/mol. The topological polar surface area (TPSA) is 32.8 Å². The predicted octanol–water partition coefficient (Wildman–Crippen LogP) is 15.9. The van der Waals surface area contributed by atoms with Gasteiger partial charge in [-0.3, -0.25) is 0 Å². The van der Waals surface area contributed by atoms with E-state index in [0.717, 1.165) is 33.3 Å². The Morgan fingerprint density at radius 2 is 1.02 bits per heavy atom. The van der Waals surface area contributed by atoms with Crippen molar-refractivity contribution in [1.82, 2.24) is 4.90 Å². The summed E-state index contributed by atoms with van der Waals surface area (Å²) in [6, 6.07) is 36.1. The first-order chi connectivity index (χ1) is 29.9. The van der Waals surface area contributed by atoms with E-state index in [4.69, 9.17) is 8.39 Å². The van der Waals surface area contributed by atoms with Gasteiger partial charge >= 0.3 is 71.5 Å².